The van der Waals surface area contributed by atoms with E-state index in [1.165, 1.54) is 38.6 Å². The van der Waals surface area contributed by atoms with Crippen LogP contribution in [0.2, 0.25) is 10.0 Å². The second-order valence-corrected chi connectivity index (χ2v) is 5.63. The minimum absolute atomic E-state index is 0.188. The maximum absolute atomic E-state index is 12.1. The van der Waals surface area contributed by atoms with Crippen LogP contribution in [0.1, 0.15) is 15.9 Å². The van der Waals surface area contributed by atoms with Gasteiger partial charge in [0.15, 0.2) is 11.5 Å². The van der Waals surface area contributed by atoms with Crippen LogP contribution in [0.15, 0.2) is 41.5 Å². The van der Waals surface area contributed by atoms with E-state index in [4.69, 9.17) is 32.7 Å². The van der Waals surface area contributed by atoms with Gasteiger partial charge in [0.2, 0.25) is 0 Å². The Kier molecular flexibility index (Phi) is 6.82. The molecule has 0 atom stereocenters. The van der Waals surface area contributed by atoms with Crippen molar-refractivity contribution in [3.05, 3.63) is 57.6 Å². The highest BCUT2D eigenvalue weighted by Crippen LogP contribution is 2.28. The van der Waals surface area contributed by atoms with Crippen molar-refractivity contribution in [3.63, 3.8) is 0 Å². The van der Waals surface area contributed by atoms with Crippen molar-refractivity contribution in [2.75, 3.05) is 14.2 Å². The summed E-state index contributed by atoms with van der Waals surface area (Å²) in [6, 6.07) is 9.21. The standard InChI is InChI=1S/C17H14Cl2N2O5/c1-24-15-7-10(3-6-14(15)26-17(23)25-2)9-20-21-16(22)12-5-4-11(18)8-13(12)19/h3-9H,1-2H3,(H,21,22)/b20-9-. The number of ether oxygens (including phenoxy) is 3. The van der Waals surface area contributed by atoms with Crippen LogP contribution in [-0.2, 0) is 4.74 Å². The molecule has 0 saturated heterocycles. The van der Waals surface area contributed by atoms with Crippen LogP contribution in [0.3, 0.4) is 0 Å². The largest absolute Gasteiger partial charge is 0.513 e. The summed E-state index contributed by atoms with van der Waals surface area (Å²) in [5.41, 5.74) is 3.20. The molecular weight excluding hydrogens is 383 g/mol. The molecular formula is C17H14Cl2N2O5. The van der Waals surface area contributed by atoms with Crippen molar-refractivity contribution >= 4 is 41.5 Å². The van der Waals surface area contributed by atoms with Gasteiger partial charge in [-0.1, -0.05) is 23.2 Å². The van der Waals surface area contributed by atoms with E-state index >= 15 is 0 Å². The van der Waals surface area contributed by atoms with Crippen molar-refractivity contribution in [3.8, 4) is 11.5 Å². The van der Waals surface area contributed by atoms with E-state index in [0.717, 1.165) is 0 Å². The average molecular weight is 397 g/mol. The molecule has 0 heterocycles. The lowest BCUT2D eigenvalue weighted by Crippen LogP contribution is -2.18. The first kappa shape index (κ1) is 19.6. The van der Waals surface area contributed by atoms with Gasteiger partial charge in [0.05, 0.1) is 31.0 Å². The Labute approximate surface area is 159 Å². The number of hydrogen-bond acceptors (Lipinski definition) is 6. The molecule has 9 heteroatoms. The highest BCUT2D eigenvalue weighted by Gasteiger charge is 2.11. The Morgan fingerprint density at radius 3 is 2.50 bits per heavy atom. The molecule has 0 bridgehead atoms. The molecule has 2 rings (SSSR count). The van der Waals surface area contributed by atoms with E-state index in [0.29, 0.717) is 16.3 Å². The quantitative estimate of drug-likeness (QED) is 0.358. The van der Waals surface area contributed by atoms with Crippen LogP contribution >= 0.6 is 23.2 Å². The smallest absolute Gasteiger partial charge is 0.493 e. The summed E-state index contributed by atoms with van der Waals surface area (Å²) in [4.78, 5) is 23.2. The van der Waals surface area contributed by atoms with Crippen LogP contribution < -0.4 is 14.9 Å². The molecule has 2 aromatic rings. The number of methoxy groups -OCH3 is 2. The first-order valence-corrected chi connectivity index (χ1v) is 7.92. The lowest BCUT2D eigenvalue weighted by molar-refractivity contribution is 0.0955. The third-order valence-electron chi connectivity index (χ3n) is 3.10. The van der Waals surface area contributed by atoms with Gasteiger partial charge in [-0.05, 0) is 42.0 Å². The van der Waals surface area contributed by atoms with Crippen LogP contribution in [0.4, 0.5) is 4.79 Å². The Balaban J connectivity index is 2.07. The summed E-state index contributed by atoms with van der Waals surface area (Å²) in [6.07, 6.45) is 0.531. The second-order valence-electron chi connectivity index (χ2n) is 4.79. The van der Waals surface area contributed by atoms with Crippen molar-refractivity contribution < 1.29 is 23.8 Å². The fourth-order valence-corrected chi connectivity index (χ4v) is 2.37. The van der Waals surface area contributed by atoms with Crippen LogP contribution in [0.25, 0.3) is 0 Å². The summed E-state index contributed by atoms with van der Waals surface area (Å²) in [5, 5.41) is 4.51. The summed E-state index contributed by atoms with van der Waals surface area (Å²) < 4.78 is 14.5. The maximum Gasteiger partial charge on any atom is 0.513 e. The fraction of sp³-hybridized carbons (Fsp3) is 0.118. The maximum atomic E-state index is 12.1. The monoisotopic (exact) mass is 396 g/mol. The zero-order chi connectivity index (χ0) is 19.1. The molecule has 0 saturated carbocycles. The molecule has 1 amide bonds. The number of carbonyl (C=O) groups excluding carboxylic acids is 2. The average Bonchev–Trinajstić information content (AvgIpc) is 2.62. The number of benzene rings is 2. The normalized spacial score (nSPS) is 10.5. The van der Waals surface area contributed by atoms with Gasteiger partial charge in [-0.3, -0.25) is 4.79 Å². The lowest BCUT2D eigenvalue weighted by atomic mass is 10.2. The van der Waals surface area contributed by atoms with Gasteiger partial charge >= 0.3 is 6.16 Å². The minimum atomic E-state index is -0.864. The van der Waals surface area contributed by atoms with E-state index < -0.39 is 12.1 Å². The van der Waals surface area contributed by atoms with Gasteiger partial charge in [-0.25, -0.2) is 10.2 Å². The summed E-state index contributed by atoms with van der Waals surface area (Å²) in [6.45, 7) is 0. The van der Waals surface area contributed by atoms with E-state index in [-0.39, 0.29) is 16.3 Å². The molecule has 0 spiro atoms. The molecule has 136 valence electrons. The molecule has 1 N–H and O–H groups in total. The SMILES string of the molecule is COC(=O)Oc1ccc(/C=N\NC(=O)c2ccc(Cl)cc2Cl)cc1OC. The molecule has 0 unspecified atom stereocenters. The second kappa shape index (κ2) is 9.07. The van der Waals surface area contributed by atoms with Crippen molar-refractivity contribution in [2.45, 2.75) is 0 Å². The molecule has 0 radical (unpaired) electrons. The van der Waals surface area contributed by atoms with E-state index in [2.05, 4.69) is 15.3 Å². The first-order chi connectivity index (χ1) is 12.4. The van der Waals surface area contributed by atoms with Crippen molar-refractivity contribution in [1.82, 2.24) is 5.43 Å². The van der Waals surface area contributed by atoms with Gasteiger partial charge < -0.3 is 14.2 Å². The Bertz CT molecular complexity index is 855. The third-order valence-corrected chi connectivity index (χ3v) is 3.65. The third kappa shape index (κ3) is 5.11. The molecule has 0 aliphatic heterocycles. The van der Waals surface area contributed by atoms with Crippen molar-refractivity contribution in [1.29, 1.82) is 0 Å². The van der Waals surface area contributed by atoms with Crippen LogP contribution in [-0.4, -0.2) is 32.5 Å². The molecule has 2 aromatic carbocycles. The van der Waals surface area contributed by atoms with E-state index in [9.17, 15) is 9.59 Å². The van der Waals surface area contributed by atoms with E-state index in [1.54, 1.807) is 18.2 Å². The summed E-state index contributed by atoms with van der Waals surface area (Å²) in [5.74, 6) is 0.000398. The number of amides is 1. The van der Waals surface area contributed by atoms with Gasteiger partial charge in [0.25, 0.3) is 5.91 Å². The lowest BCUT2D eigenvalue weighted by Gasteiger charge is -2.08. The van der Waals surface area contributed by atoms with Crippen molar-refractivity contribution in [2.24, 2.45) is 5.10 Å². The van der Waals surface area contributed by atoms with Gasteiger partial charge in [0.1, 0.15) is 0 Å². The molecule has 0 aliphatic rings. The molecule has 0 aromatic heterocycles. The predicted molar refractivity (Wildman–Crippen MR) is 97.5 cm³/mol. The topological polar surface area (TPSA) is 86.2 Å². The zero-order valence-corrected chi connectivity index (χ0v) is 15.3. The molecule has 7 nitrogen and oxygen atoms in total. The highest BCUT2D eigenvalue weighted by atomic mass is 35.5. The number of halogens is 2. The molecule has 0 fully saturated rings. The van der Waals surface area contributed by atoms with Gasteiger partial charge in [-0.15, -0.1) is 0 Å². The summed E-state index contributed by atoms with van der Waals surface area (Å²) in [7, 11) is 2.62. The molecule has 26 heavy (non-hydrogen) atoms. The van der Waals surface area contributed by atoms with Crippen LogP contribution in [0.5, 0.6) is 11.5 Å². The number of carbonyl (C=O) groups is 2. The number of rotatable bonds is 5. The Hall–Kier alpha value is -2.77. The minimum Gasteiger partial charge on any atom is -0.493 e. The van der Waals surface area contributed by atoms with Gasteiger partial charge in [-0.2, -0.15) is 5.10 Å². The first-order valence-electron chi connectivity index (χ1n) is 7.17. The predicted octanol–water partition coefficient (Wildman–Crippen LogP) is 3.91. The van der Waals surface area contributed by atoms with Crippen LogP contribution in [0, 0.1) is 0 Å². The number of nitrogens with one attached hydrogen (secondary N) is 1. The summed E-state index contributed by atoms with van der Waals surface area (Å²) >= 11 is 11.8. The Morgan fingerprint density at radius 2 is 1.85 bits per heavy atom. The zero-order valence-electron chi connectivity index (χ0n) is 13.8. The van der Waals surface area contributed by atoms with E-state index in [1.807, 2.05) is 0 Å². The molecule has 0 aliphatic carbocycles. The Morgan fingerprint density at radius 1 is 1.08 bits per heavy atom. The number of hydrogen-bond donors (Lipinski definition) is 1. The highest BCUT2D eigenvalue weighted by molar-refractivity contribution is 6.36. The number of hydrazone groups is 1. The number of nitrogens with zero attached hydrogens (tertiary/aromatic N) is 1. The fourth-order valence-electron chi connectivity index (χ4n) is 1.88. The van der Waals surface area contributed by atoms with Gasteiger partial charge in [0, 0.05) is 5.02 Å².